The SMILES string of the molecule is CCc1nn(CC)c(CC(N)C2CCCO2)c1Br. The molecule has 0 aromatic carbocycles. The van der Waals surface area contributed by atoms with Gasteiger partial charge in [-0.3, -0.25) is 4.68 Å². The van der Waals surface area contributed by atoms with Gasteiger partial charge in [0.05, 0.1) is 22.0 Å². The van der Waals surface area contributed by atoms with E-state index in [-0.39, 0.29) is 12.1 Å². The molecule has 1 saturated heterocycles. The van der Waals surface area contributed by atoms with Gasteiger partial charge in [-0.15, -0.1) is 0 Å². The van der Waals surface area contributed by atoms with E-state index in [1.54, 1.807) is 0 Å². The third-order valence-electron chi connectivity index (χ3n) is 3.57. The Kier molecular flexibility index (Phi) is 4.81. The minimum atomic E-state index is 0.0653. The molecule has 1 aromatic rings. The van der Waals surface area contributed by atoms with Crippen LogP contribution in [0.1, 0.15) is 38.1 Å². The summed E-state index contributed by atoms with van der Waals surface area (Å²) in [4.78, 5) is 0. The lowest BCUT2D eigenvalue weighted by molar-refractivity contribution is 0.0894. The normalized spacial score (nSPS) is 21.4. The highest BCUT2D eigenvalue weighted by Crippen LogP contribution is 2.25. The summed E-state index contributed by atoms with van der Waals surface area (Å²) in [7, 11) is 0. The molecule has 2 unspecified atom stereocenters. The van der Waals surface area contributed by atoms with Crippen molar-refractivity contribution in [2.24, 2.45) is 5.73 Å². The third-order valence-corrected chi connectivity index (χ3v) is 4.48. The standard InChI is InChI=1S/C13H22BrN3O/c1-3-10-13(14)11(17(4-2)16-10)8-9(15)12-6-5-7-18-12/h9,12H,3-8,15H2,1-2H3. The van der Waals surface area contributed by atoms with E-state index < -0.39 is 0 Å². The smallest absolute Gasteiger partial charge is 0.0766 e. The van der Waals surface area contributed by atoms with Gasteiger partial charge in [0, 0.05) is 25.6 Å². The maximum absolute atomic E-state index is 6.27. The lowest BCUT2D eigenvalue weighted by Crippen LogP contribution is -2.36. The molecule has 5 heteroatoms. The number of aryl methyl sites for hydroxylation is 2. The van der Waals surface area contributed by atoms with Crippen LogP contribution < -0.4 is 5.73 Å². The zero-order valence-corrected chi connectivity index (χ0v) is 12.7. The fourth-order valence-electron chi connectivity index (χ4n) is 2.51. The number of aromatic nitrogens is 2. The van der Waals surface area contributed by atoms with Gasteiger partial charge >= 0.3 is 0 Å². The summed E-state index contributed by atoms with van der Waals surface area (Å²) in [6, 6.07) is 0.0653. The van der Waals surface area contributed by atoms with Crippen molar-refractivity contribution in [1.82, 2.24) is 9.78 Å². The van der Waals surface area contributed by atoms with Crippen LogP contribution in [0.25, 0.3) is 0 Å². The van der Waals surface area contributed by atoms with Crippen molar-refractivity contribution in [1.29, 1.82) is 0 Å². The average molecular weight is 316 g/mol. The highest BCUT2D eigenvalue weighted by Gasteiger charge is 2.25. The Hall–Kier alpha value is -0.390. The Labute approximate surface area is 117 Å². The summed E-state index contributed by atoms with van der Waals surface area (Å²) in [5.74, 6) is 0. The number of rotatable bonds is 5. The third kappa shape index (κ3) is 2.78. The fraction of sp³-hybridized carbons (Fsp3) is 0.769. The van der Waals surface area contributed by atoms with Crippen molar-refractivity contribution in [2.75, 3.05) is 6.61 Å². The molecule has 4 nitrogen and oxygen atoms in total. The second kappa shape index (κ2) is 6.17. The van der Waals surface area contributed by atoms with Crippen LogP contribution >= 0.6 is 15.9 Å². The fourth-order valence-corrected chi connectivity index (χ4v) is 3.23. The first kappa shape index (κ1) is 14.0. The molecule has 2 heterocycles. The zero-order chi connectivity index (χ0) is 13.1. The van der Waals surface area contributed by atoms with Gasteiger partial charge in [0.2, 0.25) is 0 Å². The van der Waals surface area contributed by atoms with E-state index in [9.17, 15) is 0 Å². The van der Waals surface area contributed by atoms with E-state index in [0.717, 1.165) is 49.0 Å². The molecule has 1 aliphatic rings. The highest BCUT2D eigenvalue weighted by molar-refractivity contribution is 9.10. The van der Waals surface area contributed by atoms with Crippen molar-refractivity contribution in [3.8, 4) is 0 Å². The van der Waals surface area contributed by atoms with E-state index in [2.05, 4.69) is 39.6 Å². The average Bonchev–Trinajstić information content (AvgIpc) is 2.99. The molecule has 1 fully saturated rings. The topological polar surface area (TPSA) is 53.1 Å². The summed E-state index contributed by atoms with van der Waals surface area (Å²) in [6.45, 7) is 5.97. The minimum Gasteiger partial charge on any atom is -0.377 e. The van der Waals surface area contributed by atoms with Crippen LogP contribution in [0.15, 0.2) is 4.47 Å². The Balaban J connectivity index is 2.14. The van der Waals surface area contributed by atoms with Crippen molar-refractivity contribution in [3.63, 3.8) is 0 Å². The van der Waals surface area contributed by atoms with Crippen molar-refractivity contribution in [3.05, 3.63) is 15.9 Å². The molecule has 2 atom stereocenters. The van der Waals surface area contributed by atoms with Gasteiger partial charge in [-0.05, 0) is 42.1 Å². The van der Waals surface area contributed by atoms with Gasteiger partial charge in [-0.1, -0.05) is 6.92 Å². The summed E-state index contributed by atoms with van der Waals surface area (Å²) in [5, 5.41) is 4.60. The molecular weight excluding hydrogens is 294 g/mol. The number of hydrogen-bond donors (Lipinski definition) is 1. The van der Waals surface area contributed by atoms with Gasteiger partial charge in [0.15, 0.2) is 0 Å². The highest BCUT2D eigenvalue weighted by atomic mass is 79.9. The van der Waals surface area contributed by atoms with E-state index in [1.807, 2.05) is 0 Å². The summed E-state index contributed by atoms with van der Waals surface area (Å²) < 4.78 is 8.84. The monoisotopic (exact) mass is 315 g/mol. The van der Waals surface area contributed by atoms with Crippen LogP contribution in [0.2, 0.25) is 0 Å². The molecule has 18 heavy (non-hydrogen) atoms. The molecule has 0 radical (unpaired) electrons. The number of nitrogens with zero attached hydrogens (tertiary/aromatic N) is 2. The Morgan fingerprint density at radius 2 is 2.33 bits per heavy atom. The summed E-state index contributed by atoms with van der Waals surface area (Å²) in [6.07, 6.45) is 4.19. The predicted octanol–water partition coefficient (Wildman–Crippen LogP) is 2.28. The van der Waals surface area contributed by atoms with E-state index >= 15 is 0 Å². The lowest BCUT2D eigenvalue weighted by atomic mass is 10.0. The molecule has 102 valence electrons. The maximum atomic E-state index is 6.27. The van der Waals surface area contributed by atoms with Crippen molar-refractivity contribution in [2.45, 2.75) is 58.2 Å². The predicted molar refractivity (Wildman–Crippen MR) is 75.6 cm³/mol. The first-order chi connectivity index (χ1) is 8.67. The van der Waals surface area contributed by atoms with Gasteiger partial charge in [0.25, 0.3) is 0 Å². The van der Waals surface area contributed by atoms with Crippen LogP contribution in [0.3, 0.4) is 0 Å². The van der Waals surface area contributed by atoms with Crippen LogP contribution in [0.5, 0.6) is 0 Å². The Morgan fingerprint density at radius 1 is 1.56 bits per heavy atom. The number of halogens is 1. The summed E-state index contributed by atoms with van der Waals surface area (Å²) in [5.41, 5.74) is 8.59. The van der Waals surface area contributed by atoms with Gasteiger partial charge in [-0.2, -0.15) is 5.10 Å². The van der Waals surface area contributed by atoms with Crippen molar-refractivity contribution >= 4 is 15.9 Å². The second-order valence-corrected chi connectivity index (χ2v) is 5.59. The number of hydrogen-bond acceptors (Lipinski definition) is 3. The summed E-state index contributed by atoms with van der Waals surface area (Å²) >= 11 is 3.66. The van der Waals surface area contributed by atoms with Crippen LogP contribution in [-0.2, 0) is 24.1 Å². The first-order valence-electron chi connectivity index (χ1n) is 6.78. The molecule has 1 aliphatic heterocycles. The minimum absolute atomic E-state index is 0.0653. The lowest BCUT2D eigenvalue weighted by Gasteiger charge is -2.19. The van der Waals surface area contributed by atoms with Crippen LogP contribution in [0, 0.1) is 0 Å². The molecular formula is C13H22BrN3O. The second-order valence-electron chi connectivity index (χ2n) is 4.80. The Morgan fingerprint density at radius 3 is 2.89 bits per heavy atom. The number of nitrogens with two attached hydrogens (primary N) is 1. The molecule has 0 spiro atoms. The molecule has 2 rings (SSSR count). The molecule has 0 amide bonds. The molecule has 1 aromatic heterocycles. The quantitative estimate of drug-likeness (QED) is 0.907. The van der Waals surface area contributed by atoms with Crippen LogP contribution in [-0.4, -0.2) is 28.5 Å². The molecule has 0 aliphatic carbocycles. The van der Waals surface area contributed by atoms with Gasteiger partial charge in [0.1, 0.15) is 0 Å². The van der Waals surface area contributed by atoms with E-state index in [1.165, 1.54) is 5.69 Å². The first-order valence-corrected chi connectivity index (χ1v) is 7.57. The van der Waals surface area contributed by atoms with E-state index in [0.29, 0.717) is 0 Å². The zero-order valence-electron chi connectivity index (χ0n) is 11.2. The molecule has 0 bridgehead atoms. The van der Waals surface area contributed by atoms with Gasteiger partial charge in [-0.25, -0.2) is 0 Å². The Bertz CT molecular complexity index is 399. The molecule has 0 saturated carbocycles. The van der Waals surface area contributed by atoms with E-state index in [4.69, 9.17) is 10.5 Å². The molecule has 2 N–H and O–H groups in total. The number of ether oxygens (including phenoxy) is 1. The van der Waals surface area contributed by atoms with Crippen molar-refractivity contribution < 1.29 is 4.74 Å². The van der Waals surface area contributed by atoms with Gasteiger partial charge < -0.3 is 10.5 Å². The largest absolute Gasteiger partial charge is 0.377 e. The van der Waals surface area contributed by atoms with Crippen LogP contribution in [0.4, 0.5) is 0 Å². The maximum Gasteiger partial charge on any atom is 0.0766 e.